The Bertz CT molecular complexity index is 1300. The van der Waals surface area contributed by atoms with E-state index in [4.69, 9.17) is 21.1 Å². The van der Waals surface area contributed by atoms with Crippen LogP contribution in [-0.2, 0) is 11.3 Å². The van der Waals surface area contributed by atoms with Crippen LogP contribution in [0.5, 0.6) is 11.5 Å². The number of morpholine rings is 1. The molecular weight excluding hydrogens is 450 g/mol. The second-order valence-electron chi connectivity index (χ2n) is 8.23. The molecule has 1 fully saturated rings. The van der Waals surface area contributed by atoms with E-state index in [0.29, 0.717) is 5.75 Å². The maximum Gasteiger partial charge on any atom is 0.176 e. The largest absolute Gasteiger partial charge is 0.503 e. The van der Waals surface area contributed by atoms with Crippen molar-refractivity contribution in [2.24, 2.45) is 0 Å². The van der Waals surface area contributed by atoms with E-state index in [1.807, 2.05) is 18.2 Å². The van der Waals surface area contributed by atoms with Crippen LogP contribution in [0.15, 0.2) is 60.8 Å². The van der Waals surface area contributed by atoms with Gasteiger partial charge in [0.25, 0.3) is 0 Å². The van der Waals surface area contributed by atoms with E-state index in [9.17, 15) is 5.11 Å². The Kier molecular flexibility index (Phi) is 6.54. The second-order valence-corrected chi connectivity index (χ2v) is 8.64. The van der Waals surface area contributed by atoms with E-state index in [0.717, 1.165) is 66.3 Å². The van der Waals surface area contributed by atoms with Gasteiger partial charge < -0.3 is 19.9 Å². The molecule has 0 spiro atoms. The molecule has 6 nitrogen and oxygen atoms in total. The number of aromatic hydroxyl groups is 1. The monoisotopic (exact) mass is 474 g/mol. The lowest BCUT2D eigenvalue weighted by molar-refractivity contribution is 0.0342. The summed E-state index contributed by atoms with van der Waals surface area (Å²) >= 11 is 6.21. The lowest BCUT2D eigenvalue weighted by Gasteiger charge is -2.26. The number of nitrogens with one attached hydrogen (secondary N) is 1. The molecule has 3 aromatic carbocycles. The summed E-state index contributed by atoms with van der Waals surface area (Å²) in [5.41, 5.74) is 5.71. The molecule has 1 aliphatic rings. The van der Waals surface area contributed by atoms with Crippen molar-refractivity contribution in [3.05, 3.63) is 77.4 Å². The molecule has 0 aliphatic carbocycles. The number of pyridine rings is 1. The number of ether oxygens (including phenoxy) is 2. The zero-order valence-corrected chi connectivity index (χ0v) is 19.6. The van der Waals surface area contributed by atoms with Gasteiger partial charge in [0.15, 0.2) is 11.5 Å². The van der Waals surface area contributed by atoms with Gasteiger partial charge in [0, 0.05) is 43.0 Å². The second kappa shape index (κ2) is 9.89. The molecular formula is C27H25ClN3O3. The Labute approximate surface area is 203 Å². The summed E-state index contributed by atoms with van der Waals surface area (Å²) in [5, 5.41) is 14.7. The highest BCUT2D eigenvalue weighted by Crippen LogP contribution is 2.39. The van der Waals surface area contributed by atoms with Crippen molar-refractivity contribution < 1.29 is 14.6 Å². The van der Waals surface area contributed by atoms with Gasteiger partial charge in [0.05, 0.1) is 36.6 Å². The van der Waals surface area contributed by atoms with Gasteiger partial charge in [-0.05, 0) is 53.1 Å². The number of fused-ring (bicyclic) bond motifs is 1. The fraction of sp³-hybridized carbons (Fsp3) is 0.222. The molecule has 0 amide bonds. The van der Waals surface area contributed by atoms with Crippen molar-refractivity contribution >= 4 is 33.9 Å². The SMILES string of the molecule is COc1cc(-c2ccc3nc[c]c(Nc4ccc(CN5CCOCC5)cc4)c3c2)cc(Cl)c1O. The predicted molar refractivity (Wildman–Crippen MR) is 135 cm³/mol. The first kappa shape index (κ1) is 22.5. The number of aromatic nitrogens is 1. The van der Waals surface area contributed by atoms with Gasteiger partial charge in [-0.3, -0.25) is 9.88 Å². The van der Waals surface area contributed by atoms with Crippen LogP contribution in [0, 0.1) is 6.07 Å². The Morgan fingerprint density at radius 1 is 1.09 bits per heavy atom. The van der Waals surface area contributed by atoms with Crippen molar-refractivity contribution in [3.63, 3.8) is 0 Å². The number of phenols is 1. The lowest BCUT2D eigenvalue weighted by Crippen LogP contribution is -2.35. The molecule has 5 rings (SSSR count). The quantitative estimate of drug-likeness (QED) is 0.376. The van der Waals surface area contributed by atoms with Crippen LogP contribution in [0.2, 0.25) is 5.02 Å². The van der Waals surface area contributed by atoms with Gasteiger partial charge in [0.2, 0.25) is 0 Å². The summed E-state index contributed by atoms with van der Waals surface area (Å²) < 4.78 is 10.7. The van der Waals surface area contributed by atoms with Crippen LogP contribution in [0.3, 0.4) is 0 Å². The molecule has 0 saturated carbocycles. The zero-order valence-electron chi connectivity index (χ0n) is 18.8. The molecule has 173 valence electrons. The number of hydrogen-bond acceptors (Lipinski definition) is 6. The molecule has 0 unspecified atom stereocenters. The van der Waals surface area contributed by atoms with E-state index in [-0.39, 0.29) is 10.8 Å². The minimum atomic E-state index is -0.0665. The van der Waals surface area contributed by atoms with E-state index in [2.05, 4.69) is 45.5 Å². The third-order valence-corrected chi connectivity index (χ3v) is 6.28. The maximum atomic E-state index is 10.1. The molecule has 2 N–H and O–H groups in total. The average Bonchev–Trinajstić information content (AvgIpc) is 2.87. The molecule has 7 heteroatoms. The molecule has 0 atom stereocenters. The van der Waals surface area contributed by atoms with Crippen LogP contribution in [0.4, 0.5) is 11.4 Å². The van der Waals surface area contributed by atoms with E-state index in [1.165, 1.54) is 12.7 Å². The minimum absolute atomic E-state index is 0.0665. The number of anilines is 2. The third kappa shape index (κ3) is 4.80. The normalized spacial score (nSPS) is 14.3. The molecule has 34 heavy (non-hydrogen) atoms. The topological polar surface area (TPSA) is 66.9 Å². The summed E-state index contributed by atoms with van der Waals surface area (Å²) in [7, 11) is 1.50. The van der Waals surface area contributed by atoms with Gasteiger partial charge in [-0.2, -0.15) is 0 Å². The fourth-order valence-corrected chi connectivity index (χ4v) is 4.34. The first-order valence-corrected chi connectivity index (χ1v) is 11.5. The van der Waals surface area contributed by atoms with Crippen LogP contribution in [0.25, 0.3) is 22.0 Å². The highest BCUT2D eigenvalue weighted by Gasteiger charge is 2.13. The molecule has 1 aromatic heterocycles. The lowest BCUT2D eigenvalue weighted by atomic mass is 10.0. The number of halogens is 1. The summed E-state index contributed by atoms with van der Waals surface area (Å²) in [6.45, 7) is 4.47. The zero-order chi connectivity index (χ0) is 23.5. The average molecular weight is 475 g/mol. The van der Waals surface area contributed by atoms with Gasteiger partial charge in [0.1, 0.15) is 0 Å². The van der Waals surface area contributed by atoms with Gasteiger partial charge in [-0.15, -0.1) is 0 Å². The molecule has 1 aliphatic heterocycles. The Morgan fingerprint density at radius 3 is 2.65 bits per heavy atom. The van der Waals surface area contributed by atoms with Crippen LogP contribution in [0.1, 0.15) is 5.56 Å². The maximum absolute atomic E-state index is 10.1. The third-order valence-electron chi connectivity index (χ3n) is 5.99. The molecule has 0 bridgehead atoms. The predicted octanol–water partition coefficient (Wildman–Crippen LogP) is 5.65. The summed E-state index contributed by atoms with van der Waals surface area (Å²) in [5.74, 6) is 0.263. The standard InChI is InChI=1S/C27H25ClN3O3/c1-33-26-16-20(15-23(28)27(26)32)19-4-7-24-22(14-19)25(8-9-29-24)30-21-5-2-18(3-6-21)17-31-10-12-34-13-11-31/h2-7,9,14-16,32H,10-13,17H2,1H3,(H,29,30). The molecule has 4 aromatic rings. The van der Waals surface area contributed by atoms with Crippen molar-refractivity contribution in [1.82, 2.24) is 9.88 Å². The number of phenolic OH excluding ortho intramolecular Hbond substituents is 1. The Morgan fingerprint density at radius 2 is 1.88 bits per heavy atom. The first-order chi connectivity index (χ1) is 16.6. The van der Waals surface area contributed by atoms with Crippen LogP contribution in [-0.4, -0.2) is 48.4 Å². The first-order valence-electron chi connectivity index (χ1n) is 11.1. The minimum Gasteiger partial charge on any atom is -0.503 e. The molecule has 1 saturated heterocycles. The van der Waals surface area contributed by atoms with Crippen molar-refractivity contribution in [1.29, 1.82) is 0 Å². The fourth-order valence-electron chi connectivity index (χ4n) is 4.13. The van der Waals surface area contributed by atoms with Crippen molar-refractivity contribution in [2.45, 2.75) is 6.54 Å². The Balaban J connectivity index is 1.41. The van der Waals surface area contributed by atoms with Crippen molar-refractivity contribution in [2.75, 3.05) is 38.7 Å². The van der Waals surface area contributed by atoms with Crippen LogP contribution >= 0.6 is 11.6 Å². The van der Waals surface area contributed by atoms with E-state index < -0.39 is 0 Å². The smallest absolute Gasteiger partial charge is 0.176 e. The molecule has 1 radical (unpaired) electrons. The van der Waals surface area contributed by atoms with Gasteiger partial charge in [-0.25, -0.2) is 0 Å². The van der Waals surface area contributed by atoms with Gasteiger partial charge in [-0.1, -0.05) is 29.8 Å². The molecule has 2 heterocycles. The number of benzene rings is 3. The van der Waals surface area contributed by atoms with E-state index in [1.54, 1.807) is 18.3 Å². The highest BCUT2D eigenvalue weighted by molar-refractivity contribution is 6.32. The highest BCUT2D eigenvalue weighted by atomic mass is 35.5. The Hall–Kier alpha value is -3.32. The van der Waals surface area contributed by atoms with Crippen molar-refractivity contribution in [3.8, 4) is 22.6 Å². The summed E-state index contributed by atoms with van der Waals surface area (Å²) in [6.07, 6.45) is 1.68. The van der Waals surface area contributed by atoms with Crippen LogP contribution < -0.4 is 10.1 Å². The number of hydrogen-bond donors (Lipinski definition) is 2. The summed E-state index contributed by atoms with van der Waals surface area (Å²) in [4.78, 5) is 6.87. The number of rotatable bonds is 6. The number of methoxy groups -OCH3 is 1. The van der Waals surface area contributed by atoms with E-state index >= 15 is 0 Å². The summed E-state index contributed by atoms with van der Waals surface area (Å²) in [6, 6.07) is 21.2. The van der Waals surface area contributed by atoms with Gasteiger partial charge >= 0.3 is 0 Å². The number of nitrogens with zero attached hydrogens (tertiary/aromatic N) is 2.